The van der Waals surface area contributed by atoms with Gasteiger partial charge in [0.2, 0.25) is 0 Å². The fraction of sp³-hybridized carbons (Fsp3) is 0.667. The van der Waals surface area contributed by atoms with E-state index in [-0.39, 0.29) is 6.03 Å². The third kappa shape index (κ3) is 6.02. The fourth-order valence-corrected chi connectivity index (χ4v) is 1.96. The van der Waals surface area contributed by atoms with Crippen LogP contribution in [0.15, 0.2) is 6.20 Å². The molecule has 2 N–H and O–H groups in total. The molecule has 90 valence electrons. The molecule has 0 aromatic carbocycles. The van der Waals surface area contributed by atoms with E-state index in [2.05, 4.69) is 36.2 Å². The Balaban J connectivity index is 1.98. The van der Waals surface area contributed by atoms with Gasteiger partial charge in [-0.2, -0.15) is 0 Å². The molecule has 0 aliphatic heterocycles. The Bertz CT molecular complexity index is 294. The molecule has 0 fully saturated rings. The number of carbonyl (C=O) groups excluding carboxylic acids is 1. The van der Waals surface area contributed by atoms with E-state index >= 15 is 0 Å². The second-order valence-corrected chi connectivity index (χ2v) is 4.84. The largest absolute Gasteiger partial charge is 0.338 e. The van der Waals surface area contributed by atoms with E-state index < -0.39 is 0 Å². The molecule has 1 rings (SSSR count). The number of unbranched alkanes of at least 4 members (excludes halogenated alkanes) is 3. The summed E-state index contributed by atoms with van der Waals surface area (Å²) in [6, 6.07) is -0.188. The van der Waals surface area contributed by atoms with Gasteiger partial charge in [-0.15, -0.1) is 5.10 Å². The zero-order chi connectivity index (χ0) is 11.6. The molecule has 0 bridgehead atoms. The summed E-state index contributed by atoms with van der Waals surface area (Å²) in [6.07, 6.45) is 6.08. The Morgan fingerprint density at radius 2 is 2.19 bits per heavy atom. The summed E-state index contributed by atoms with van der Waals surface area (Å²) in [7, 11) is 0. The summed E-state index contributed by atoms with van der Waals surface area (Å²) in [6.45, 7) is 0.709. The van der Waals surface area contributed by atoms with Crippen LogP contribution in [0.3, 0.4) is 0 Å². The van der Waals surface area contributed by atoms with Crippen LogP contribution in [-0.2, 0) is 0 Å². The molecule has 0 saturated heterocycles. The second-order valence-electron chi connectivity index (χ2n) is 3.27. The molecular weight excluding hydrogens is 292 g/mol. The van der Waals surface area contributed by atoms with Gasteiger partial charge in [0.25, 0.3) is 0 Å². The molecule has 2 amide bonds. The van der Waals surface area contributed by atoms with E-state index in [1.165, 1.54) is 19.0 Å². The number of anilines is 1. The van der Waals surface area contributed by atoms with E-state index in [0.717, 1.165) is 29.7 Å². The predicted octanol–water partition coefficient (Wildman–Crippen LogP) is 2.61. The minimum atomic E-state index is -0.188. The summed E-state index contributed by atoms with van der Waals surface area (Å²) in [5.41, 5.74) is 0. The molecule has 7 heteroatoms. The van der Waals surface area contributed by atoms with Crippen molar-refractivity contribution >= 4 is 38.5 Å². The number of hydrogen-bond acceptors (Lipinski definition) is 4. The van der Waals surface area contributed by atoms with Gasteiger partial charge in [-0.05, 0) is 12.8 Å². The van der Waals surface area contributed by atoms with Gasteiger partial charge in [0.05, 0.1) is 6.20 Å². The van der Waals surface area contributed by atoms with Crippen LogP contribution >= 0.6 is 27.5 Å². The monoisotopic (exact) mass is 306 g/mol. The third-order valence-electron chi connectivity index (χ3n) is 1.94. The number of amides is 2. The van der Waals surface area contributed by atoms with E-state index in [4.69, 9.17) is 0 Å². The molecule has 0 aliphatic carbocycles. The molecule has 0 saturated carbocycles. The zero-order valence-electron chi connectivity index (χ0n) is 8.91. The number of hydrogen-bond donors (Lipinski definition) is 2. The number of carbonyl (C=O) groups is 1. The maximum Gasteiger partial charge on any atom is 0.319 e. The van der Waals surface area contributed by atoms with Crippen molar-refractivity contribution in [2.24, 2.45) is 0 Å². The maximum absolute atomic E-state index is 11.3. The van der Waals surface area contributed by atoms with Crippen LogP contribution in [0.5, 0.6) is 0 Å². The Hall–Kier alpha value is -0.690. The Labute approximate surface area is 107 Å². The first kappa shape index (κ1) is 13.4. The summed E-state index contributed by atoms with van der Waals surface area (Å²) in [5, 5.41) is 10.8. The lowest BCUT2D eigenvalue weighted by Crippen LogP contribution is -2.29. The lowest BCUT2D eigenvalue weighted by molar-refractivity contribution is 0.252. The Morgan fingerprint density at radius 3 is 2.88 bits per heavy atom. The lowest BCUT2D eigenvalue weighted by Gasteiger charge is -2.04. The van der Waals surface area contributed by atoms with Gasteiger partial charge < -0.3 is 5.32 Å². The van der Waals surface area contributed by atoms with E-state index in [9.17, 15) is 4.79 Å². The first-order valence-corrected chi connectivity index (χ1v) is 7.10. The molecule has 0 unspecified atom stereocenters. The van der Waals surface area contributed by atoms with Crippen molar-refractivity contribution in [3.05, 3.63) is 6.20 Å². The minimum Gasteiger partial charge on any atom is -0.338 e. The van der Waals surface area contributed by atoms with Crippen molar-refractivity contribution < 1.29 is 4.79 Å². The van der Waals surface area contributed by atoms with Gasteiger partial charge in [0.15, 0.2) is 0 Å². The Kier molecular flexibility index (Phi) is 7.07. The highest BCUT2D eigenvalue weighted by Crippen LogP contribution is 2.08. The van der Waals surface area contributed by atoms with Crippen molar-refractivity contribution in [2.75, 3.05) is 17.2 Å². The van der Waals surface area contributed by atoms with Crippen LogP contribution in [0.2, 0.25) is 0 Å². The number of nitrogens with zero attached hydrogens (tertiary/aromatic N) is 2. The lowest BCUT2D eigenvalue weighted by atomic mass is 10.2. The number of aromatic nitrogens is 2. The van der Waals surface area contributed by atoms with Crippen LogP contribution in [0, 0.1) is 0 Å². The SMILES string of the molecule is O=C(NCCCCCCBr)Nc1cnns1. The fourth-order valence-electron chi connectivity index (χ4n) is 1.15. The normalized spacial score (nSPS) is 10.1. The summed E-state index contributed by atoms with van der Waals surface area (Å²) in [5.74, 6) is 0. The quantitative estimate of drug-likeness (QED) is 0.601. The second kappa shape index (κ2) is 8.46. The summed E-state index contributed by atoms with van der Waals surface area (Å²) >= 11 is 4.55. The number of halogens is 1. The number of nitrogens with one attached hydrogen (secondary N) is 2. The van der Waals surface area contributed by atoms with Gasteiger partial charge in [0, 0.05) is 23.4 Å². The number of rotatable bonds is 7. The highest BCUT2D eigenvalue weighted by Gasteiger charge is 2.01. The average Bonchev–Trinajstić information content (AvgIpc) is 2.76. The topological polar surface area (TPSA) is 66.9 Å². The first-order chi connectivity index (χ1) is 7.83. The van der Waals surface area contributed by atoms with Crippen molar-refractivity contribution in [1.82, 2.24) is 14.9 Å². The average molecular weight is 307 g/mol. The van der Waals surface area contributed by atoms with Crippen LogP contribution in [0.4, 0.5) is 9.80 Å². The van der Waals surface area contributed by atoms with Crippen LogP contribution in [0.1, 0.15) is 25.7 Å². The van der Waals surface area contributed by atoms with Gasteiger partial charge >= 0.3 is 6.03 Å². The van der Waals surface area contributed by atoms with E-state index in [0.29, 0.717) is 11.5 Å². The van der Waals surface area contributed by atoms with Crippen LogP contribution in [-0.4, -0.2) is 27.5 Å². The summed E-state index contributed by atoms with van der Waals surface area (Å²) in [4.78, 5) is 11.3. The smallest absolute Gasteiger partial charge is 0.319 e. The molecule has 0 spiro atoms. The molecule has 5 nitrogen and oxygen atoms in total. The van der Waals surface area contributed by atoms with Crippen molar-refractivity contribution in [3.8, 4) is 0 Å². The van der Waals surface area contributed by atoms with Gasteiger partial charge in [-0.1, -0.05) is 33.3 Å². The van der Waals surface area contributed by atoms with Gasteiger partial charge in [0.1, 0.15) is 5.00 Å². The molecular formula is C9H15BrN4OS. The first-order valence-electron chi connectivity index (χ1n) is 5.21. The Morgan fingerprint density at radius 1 is 1.38 bits per heavy atom. The molecule has 0 aliphatic rings. The third-order valence-corrected chi connectivity index (χ3v) is 3.08. The molecule has 1 aromatic rings. The molecule has 16 heavy (non-hydrogen) atoms. The van der Waals surface area contributed by atoms with Gasteiger partial charge in [-0.25, -0.2) is 4.79 Å². The highest BCUT2D eigenvalue weighted by atomic mass is 79.9. The predicted molar refractivity (Wildman–Crippen MR) is 69.2 cm³/mol. The van der Waals surface area contributed by atoms with Crippen molar-refractivity contribution in [1.29, 1.82) is 0 Å². The molecule has 1 heterocycles. The molecule has 1 aromatic heterocycles. The van der Waals surface area contributed by atoms with Crippen molar-refractivity contribution in [3.63, 3.8) is 0 Å². The molecule has 0 radical (unpaired) electrons. The van der Waals surface area contributed by atoms with E-state index in [1.54, 1.807) is 0 Å². The maximum atomic E-state index is 11.3. The van der Waals surface area contributed by atoms with E-state index in [1.807, 2.05) is 0 Å². The van der Waals surface area contributed by atoms with Crippen LogP contribution in [0.25, 0.3) is 0 Å². The minimum absolute atomic E-state index is 0.188. The number of urea groups is 1. The number of alkyl halides is 1. The standard InChI is InChI=1S/C9H15BrN4OS/c10-5-3-1-2-4-6-11-9(15)13-8-7-12-14-16-8/h7H,1-6H2,(H2,11,13,15). The molecule has 0 atom stereocenters. The zero-order valence-corrected chi connectivity index (χ0v) is 11.3. The highest BCUT2D eigenvalue weighted by molar-refractivity contribution is 9.09. The van der Waals surface area contributed by atoms with Crippen molar-refractivity contribution in [2.45, 2.75) is 25.7 Å². The van der Waals surface area contributed by atoms with Crippen LogP contribution < -0.4 is 10.6 Å². The summed E-state index contributed by atoms with van der Waals surface area (Å²) < 4.78 is 3.65. The van der Waals surface area contributed by atoms with Gasteiger partial charge in [-0.3, -0.25) is 5.32 Å².